The molecule has 0 bridgehead atoms. The van der Waals surface area contributed by atoms with Gasteiger partial charge in [0, 0.05) is 45.5 Å². The van der Waals surface area contributed by atoms with Crippen LogP contribution in [0, 0.1) is 5.92 Å². The molecule has 3 rings (SSSR count). The summed E-state index contributed by atoms with van der Waals surface area (Å²) in [4.78, 5) is 10.9. The number of anilines is 1. The number of nitrogens with one attached hydrogen (secondary N) is 2. The summed E-state index contributed by atoms with van der Waals surface area (Å²) in [6.07, 6.45) is 2.71. The number of aliphatic imine (C=N–C) groups is 1. The highest BCUT2D eigenvalue weighted by atomic mass is 127. The van der Waals surface area contributed by atoms with E-state index in [0.29, 0.717) is 12.5 Å². The molecule has 27 heavy (non-hydrogen) atoms. The second-order valence-corrected chi connectivity index (χ2v) is 6.41. The number of rotatable bonds is 6. The average molecular weight is 485 g/mol. The van der Waals surface area contributed by atoms with Gasteiger partial charge in [-0.3, -0.25) is 9.67 Å². The maximum Gasteiger partial charge on any atom is 0.191 e. The zero-order valence-electron chi connectivity index (χ0n) is 16.1. The molecule has 1 unspecified atom stereocenters. The van der Waals surface area contributed by atoms with E-state index in [1.54, 1.807) is 25.2 Å². The first-order valence-electron chi connectivity index (χ1n) is 8.86. The number of aromatic nitrogens is 3. The van der Waals surface area contributed by atoms with Gasteiger partial charge in [-0.15, -0.1) is 24.0 Å². The van der Waals surface area contributed by atoms with Crippen LogP contribution in [-0.4, -0.2) is 54.5 Å². The van der Waals surface area contributed by atoms with Gasteiger partial charge >= 0.3 is 0 Å². The number of guanidine groups is 1. The standard InChI is InChI=1S/C18H27N7O.HI/c1-19-18(21-11-17-22-13-23-24(17)2)20-10-14-7-8-25(12-14)15-5-4-6-16(9-15)26-3;/h4-6,9,13-14H,7-8,10-12H2,1-3H3,(H2,19,20,21);1H. The number of ether oxygens (including phenoxy) is 1. The van der Waals surface area contributed by atoms with Gasteiger partial charge in [-0.2, -0.15) is 5.10 Å². The van der Waals surface area contributed by atoms with Crippen molar-refractivity contribution in [2.24, 2.45) is 18.0 Å². The Morgan fingerprint density at radius 3 is 2.93 bits per heavy atom. The number of aryl methyl sites for hydroxylation is 1. The van der Waals surface area contributed by atoms with Gasteiger partial charge in [0.15, 0.2) is 5.96 Å². The van der Waals surface area contributed by atoms with Crippen LogP contribution in [0.3, 0.4) is 0 Å². The normalized spacial score (nSPS) is 16.8. The number of methoxy groups -OCH3 is 1. The molecule has 0 saturated carbocycles. The molecule has 1 atom stereocenters. The molecule has 1 fully saturated rings. The molecular weight excluding hydrogens is 457 g/mol. The first-order chi connectivity index (χ1) is 12.7. The molecule has 1 aromatic carbocycles. The van der Waals surface area contributed by atoms with Gasteiger partial charge in [0.2, 0.25) is 0 Å². The number of nitrogens with zero attached hydrogens (tertiary/aromatic N) is 5. The van der Waals surface area contributed by atoms with Crippen molar-refractivity contribution in [2.45, 2.75) is 13.0 Å². The molecule has 1 aliphatic rings. The van der Waals surface area contributed by atoms with Crippen LogP contribution in [0.1, 0.15) is 12.2 Å². The van der Waals surface area contributed by atoms with Crippen LogP contribution in [-0.2, 0) is 13.6 Å². The lowest BCUT2D eigenvalue weighted by Crippen LogP contribution is -2.40. The quantitative estimate of drug-likeness (QED) is 0.368. The topological polar surface area (TPSA) is 79.6 Å². The fourth-order valence-electron chi connectivity index (χ4n) is 3.15. The first kappa shape index (κ1) is 21.3. The summed E-state index contributed by atoms with van der Waals surface area (Å²) < 4.78 is 7.08. The maximum absolute atomic E-state index is 5.33. The average Bonchev–Trinajstić information content (AvgIpc) is 3.31. The highest BCUT2D eigenvalue weighted by molar-refractivity contribution is 14.0. The summed E-state index contributed by atoms with van der Waals surface area (Å²) in [6.45, 7) is 3.57. The van der Waals surface area contributed by atoms with E-state index in [9.17, 15) is 0 Å². The minimum atomic E-state index is 0. The van der Waals surface area contributed by atoms with Crippen LogP contribution in [0.2, 0.25) is 0 Å². The number of benzene rings is 1. The fraction of sp³-hybridized carbons (Fsp3) is 0.500. The van der Waals surface area contributed by atoms with Crippen LogP contribution < -0.4 is 20.3 Å². The summed E-state index contributed by atoms with van der Waals surface area (Å²) in [5.41, 5.74) is 1.22. The molecule has 0 radical (unpaired) electrons. The smallest absolute Gasteiger partial charge is 0.191 e. The van der Waals surface area contributed by atoms with Crippen molar-refractivity contribution in [3.63, 3.8) is 0 Å². The van der Waals surface area contributed by atoms with Gasteiger partial charge in [-0.1, -0.05) is 6.07 Å². The SMILES string of the molecule is CN=C(NCc1ncnn1C)NCC1CCN(c2cccc(OC)c2)C1.I. The second-order valence-electron chi connectivity index (χ2n) is 6.41. The van der Waals surface area contributed by atoms with E-state index < -0.39 is 0 Å². The highest BCUT2D eigenvalue weighted by Gasteiger charge is 2.23. The van der Waals surface area contributed by atoms with Gasteiger partial charge < -0.3 is 20.3 Å². The third kappa shape index (κ3) is 5.72. The largest absolute Gasteiger partial charge is 0.497 e. The molecule has 0 aliphatic carbocycles. The molecule has 0 spiro atoms. The zero-order chi connectivity index (χ0) is 18.4. The molecule has 2 heterocycles. The van der Waals surface area contributed by atoms with Crippen LogP contribution in [0.15, 0.2) is 35.6 Å². The van der Waals surface area contributed by atoms with E-state index in [2.05, 4.69) is 42.7 Å². The van der Waals surface area contributed by atoms with Gasteiger partial charge in [0.05, 0.1) is 13.7 Å². The van der Waals surface area contributed by atoms with Crippen LogP contribution in [0.25, 0.3) is 0 Å². The molecule has 1 aliphatic heterocycles. The third-order valence-electron chi connectivity index (χ3n) is 4.71. The molecule has 2 N–H and O–H groups in total. The van der Waals surface area contributed by atoms with Crippen molar-refractivity contribution in [3.05, 3.63) is 36.4 Å². The first-order valence-corrected chi connectivity index (χ1v) is 8.86. The Morgan fingerprint density at radius 1 is 1.37 bits per heavy atom. The van der Waals surface area contributed by atoms with Crippen LogP contribution in [0.5, 0.6) is 5.75 Å². The summed E-state index contributed by atoms with van der Waals surface area (Å²) in [5.74, 6) is 3.14. The fourth-order valence-corrected chi connectivity index (χ4v) is 3.15. The Balaban J connectivity index is 0.00000261. The molecule has 0 amide bonds. The predicted molar refractivity (Wildman–Crippen MR) is 118 cm³/mol. The molecular formula is C18H28IN7O. The summed E-state index contributed by atoms with van der Waals surface area (Å²) in [5, 5.41) is 10.8. The van der Waals surface area contributed by atoms with Crippen LogP contribution in [0.4, 0.5) is 5.69 Å². The summed E-state index contributed by atoms with van der Waals surface area (Å²) >= 11 is 0. The van der Waals surface area contributed by atoms with Crippen molar-refractivity contribution in [1.29, 1.82) is 0 Å². The summed E-state index contributed by atoms with van der Waals surface area (Å²) in [7, 11) is 5.37. The van der Waals surface area contributed by atoms with E-state index in [0.717, 1.165) is 43.6 Å². The third-order valence-corrected chi connectivity index (χ3v) is 4.71. The molecule has 9 heteroatoms. The Labute approximate surface area is 177 Å². The number of hydrogen-bond donors (Lipinski definition) is 2. The Kier molecular flexibility index (Phi) is 8.14. The van der Waals surface area contributed by atoms with Crippen molar-refractivity contribution in [1.82, 2.24) is 25.4 Å². The lowest BCUT2D eigenvalue weighted by atomic mass is 10.1. The Bertz CT molecular complexity index is 749. The van der Waals surface area contributed by atoms with Gasteiger partial charge in [0.1, 0.15) is 17.9 Å². The molecule has 148 valence electrons. The highest BCUT2D eigenvalue weighted by Crippen LogP contribution is 2.26. The number of hydrogen-bond acceptors (Lipinski definition) is 5. The van der Waals surface area contributed by atoms with Gasteiger partial charge in [0.25, 0.3) is 0 Å². The van der Waals surface area contributed by atoms with E-state index >= 15 is 0 Å². The molecule has 1 aromatic heterocycles. The zero-order valence-corrected chi connectivity index (χ0v) is 18.4. The molecule has 2 aromatic rings. The minimum Gasteiger partial charge on any atom is -0.497 e. The van der Waals surface area contributed by atoms with Crippen molar-refractivity contribution in [2.75, 3.05) is 38.7 Å². The predicted octanol–water partition coefficient (Wildman–Crippen LogP) is 1.63. The Hall–Kier alpha value is -2.04. The van der Waals surface area contributed by atoms with E-state index in [4.69, 9.17) is 4.74 Å². The van der Waals surface area contributed by atoms with Crippen molar-refractivity contribution in [3.8, 4) is 5.75 Å². The second kappa shape index (κ2) is 10.3. The van der Waals surface area contributed by atoms with E-state index in [-0.39, 0.29) is 24.0 Å². The van der Waals surface area contributed by atoms with Crippen molar-refractivity contribution >= 4 is 35.6 Å². The Morgan fingerprint density at radius 2 is 2.22 bits per heavy atom. The molecule has 1 saturated heterocycles. The van der Waals surface area contributed by atoms with Gasteiger partial charge in [-0.25, -0.2) is 4.98 Å². The van der Waals surface area contributed by atoms with E-state index in [1.807, 2.05) is 19.2 Å². The summed E-state index contributed by atoms with van der Waals surface area (Å²) in [6, 6.07) is 8.25. The van der Waals surface area contributed by atoms with Crippen LogP contribution >= 0.6 is 24.0 Å². The maximum atomic E-state index is 5.33. The number of halogens is 1. The minimum absolute atomic E-state index is 0. The lowest BCUT2D eigenvalue weighted by Gasteiger charge is -2.20. The lowest BCUT2D eigenvalue weighted by molar-refractivity contribution is 0.415. The monoisotopic (exact) mass is 485 g/mol. The van der Waals surface area contributed by atoms with Crippen molar-refractivity contribution < 1.29 is 4.74 Å². The molecule has 8 nitrogen and oxygen atoms in total. The van der Waals surface area contributed by atoms with Gasteiger partial charge in [-0.05, 0) is 24.5 Å². The van der Waals surface area contributed by atoms with E-state index in [1.165, 1.54) is 5.69 Å².